The van der Waals surface area contributed by atoms with Crippen molar-refractivity contribution in [2.45, 2.75) is 29.2 Å². The minimum atomic E-state index is -4.58. The molecular weight excluding hydrogens is 540 g/mol. The number of amides is 1. The molecule has 4 heterocycles. The summed E-state index contributed by atoms with van der Waals surface area (Å²) in [7, 11) is 4.66. The van der Waals surface area contributed by atoms with Crippen molar-refractivity contribution in [3.63, 3.8) is 0 Å². The third-order valence-electron chi connectivity index (χ3n) is 5.89. The Morgan fingerprint density at radius 3 is 2.79 bits per heavy atom. The summed E-state index contributed by atoms with van der Waals surface area (Å²) in [5.74, 6) is 5.11. The summed E-state index contributed by atoms with van der Waals surface area (Å²) >= 11 is -0.326. The van der Waals surface area contributed by atoms with Gasteiger partial charge in [0.1, 0.15) is 22.6 Å². The second kappa shape index (κ2) is 12.0. The molecule has 0 radical (unpaired) electrons. The highest BCUT2D eigenvalue weighted by molar-refractivity contribution is 8.00. The van der Waals surface area contributed by atoms with Crippen molar-refractivity contribution in [2.75, 3.05) is 51.5 Å². The van der Waals surface area contributed by atoms with Crippen LogP contribution in [-0.2, 0) is 0 Å². The second-order valence-corrected chi connectivity index (χ2v) is 9.69. The van der Waals surface area contributed by atoms with Crippen molar-refractivity contribution >= 4 is 34.7 Å². The molecule has 4 rings (SSSR count). The van der Waals surface area contributed by atoms with Gasteiger partial charge in [-0.1, -0.05) is 5.92 Å². The van der Waals surface area contributed by atoms with E-state index in [1.54, 1.807) is 12.1 Å². The van der Waals surface area contributed by atoms with Crippen LogP contribution in [0.15, 0.2) is 29.4 Å². The van der Waals surface area contributed by atoms with Gasteiger partial charge in [-0.05, 0) is 31.5 Å². The molecule has 15 heteroatoms. The minimum absolute atomic E-state index is 0.0243. The first-order valence-corrected chi connectivity index (χ1v) is 12.6. The van der Waals surface area contributed by atoms with Gasteiger partial charge in [0.25, 0.3) is 11.8 Å². The normalized spacial score (nSPS) is 17.8. The Labute approximate surface area is 225 Å². The van der Waals surface area contributed by atoms with Crippen LogP contribution < -0.4 is 20.7 Å². The zero-order valence-electron chi connectivity index (χ0n) is 21.3. The Bertz CT molecular complexity index is 1400. The Morgan fingerprint density at radius 1 is 1.31 bits per heavy atom. The summed E-state index contributed by atoms with van der Waals surface area (Å²) in [6.45, 7) is 0.928. The van der Waals surface area contributed by atoms with Crippen molar-refractivity contribution < 1.29 is 27.1 Å². The first-order chi connectivity index (χ1) is 18.6. The Balaban J connectivity index is 1.61. The van der Waals surface area contributed by atoms with Crippen LogP contribution in [0, 0.1) is 11.8 Å². The van der Waals surface area contributed by atoms with E-state index in [1.165, 1.54) is 30.8 Å². The van der Waals surface area contributed by atoms with Crippen LogP contribution >= 0.6 is 11.8 Å². The number of hydrogen-bond donors (Lipinski definition) is 3. The molecule has 1 amide bonds. The summed E-state index contributed by atoms with van der Waals surface area (Å²) in [5.41, 5.74) is -3.68. The van der Waals surface area contributed by atoms with Gasteiger partial charge in [0.15, 0.2) is 11.3 Å². The zero-order chi connectivity index (χ0) is 28.2. The molecule has 3 aromatic heterocycles. The van der Waals surface area contributed by atoms with Crippen molar-refractivity contribution in [1.82, 2.24) is 29.8 Å². The maximum Gasteiger partial charge on any atom is 0.447 e. The Kier molecular flexibility index (Phi) is 8.66. The number of piperidine rings is 1. The first-order valence-electron chi connectivity index (χ1n) is 11.8. The van der Waals surface area contributed by atoms with Crippen LogP contribution in [-0.4, -0.2) is 89.0 Å². The maximum absolute atomic E-state index is 14.6. The molecule has 3 aromatic rings. The fourth-order valence-corrected chi connectivity index (χ4v) is 4.69. The van der Waals surface area contributed by atoms with Gasteiger partial charge in [0, 0.05) is 44.2 Å². The summed E-state index contributed by atoms with van der Waals surface area (Å²) in [6, 6.07) is 4.15. The van der Waals surface area contributed by atoms with Crippen molar-refractivity contribution in [2.24, 2.45) is 0 Å². The number of thioether (sulfide) groups is 1. The van der Waals surface area contributed by atoms with E-state index in [1.807, 2.05) is 11.9 Å². The number of methoxy groups -OCH3 is 1. The van der Waals surface area contributed by atoms with Crippen LogP contribution in [0.5, 0.6) is 5.88 Å². The van der Waals surface area contributed by atoms with Crippen molar-refractivity contribution in [3.8, 4) is 17.7 Å². The number of carbonyl (C=O) groups is 1. The van der Waals surface area contributed by atoms with E-state index < -0.39 is 23.6 Å². The molecule has 1 fully saturated rings. The van der Waals surface area contributed by atoms with Crippen molar-refractivity contribution in [3.05, 3.63) is 35.8 Å². The molecule has 0 aromatic carbocycles. The molecule has 0 bridgehead atoms. The van der Waals surface area contributed by atoms with Crippen LogP contribution in [0.4, 0.5) is 28.9 Å². The van der Waals surface area contributed by atoms with E-state index >= 15 is 0 Å². The third kappa shape index (κ3) is 6.82. The lowest BCUT2D eigenvalue weighted by Crippen LogP contribution is -2.46. The van der Waals surface area contributed by atoms with Gasteiger partial charge in [0.2, 0.25) is 0 Å². The van der Waals surface area contributed by atoms with E-state index in [9.17, 15) is 22.4 Å². The lowest BCUT2D eigenvalue weighted by atomic mass is 10.0. The number of rotatable bonds is 7. The van der Waals surface area contributed by atoms with E-state index in [0.717, 1.165) is 0 Å². The number of ether oxygens (including phenoxy) is 1. The molecule has 3 N–H and O–H groups in total. The van der Waals surface area contributed by atoms with Gasteiger partial charge in [-0.25, -0.2) is 9.37 Å². The molecule has 0 aliphatic carbocycles. The molecule has 1 aliphatic rings. The van der Waals surface area contributed by atoms with Gasteiger partial charge >= 0.3 is 5.51 Å². The summed E-state index contributed by atoms with van der Waals surface area (Å²) in [5, 5.41) is 15.9. The zero-order valence-corrected chi connectivity index (χ0v) is 22.1. The number of carbonyl (C=O) groups excluding carboxylic acids is 1. The molecule has 208 valence electrons. The number of aromatic nitrogens is 4. The highest BCUT2D eigenvalue weighted by atomic mass is 32.2. The van der Waals surface area contributed by atoms with Crippen LogP contribution in [0.25, 0.3) is 5.65 Å². The smallest absolute Gasteiger partial charge is 0.447 e. The molecule has 2 atom stereocenters. The number of anilines is 2. The fraction of sp³-hybridized carbons (Fsp3) is 0.417. The van der Waals surface area contributed by atoms with Crippen molar-refractivity contribution in [1.29, 1.82) is 0 Å². The predicted molar refractivity (Wildman–Crippen MR) is 139 cm³/mol. The number of hydrogen-bond acceptors (Lipinski definition) is 9. The lowest BCUT2D eigenvalue weighted by Gasteiger charge is -2.33. The molecule has 1 saturated heterocycles. The average Bonchev–Trinajstić information content (AvgIpc) is 3.24. The van der Waals surface area contributed by atoms with Gasteiger partial charge in [-0.2, -0.15) is 13.2 Å². The highest BCUT2D eigenvalue weighted by Crippen LogP contribution is 2.39. The van der Waals surface area contributed by atoms with E-state index in [4.69, 9.17) is 4.74 Å². The number of halogens is 4. The standard InChI is InChI=1S/C24H26F4N8O2S/c1-29-21(37)18-12-19(22(38-3)34-33-18)30-9-4-6-17-23(39-24(26,27)28)36-10-5-7-16(20(36)32-17)31-15-8-11-35(2)13-14(15)25/h5,7,10,12,14-15,31H,8-9,11,13H2,1-3H3,(H,29,37)(H,30,33)/t14-,15+/m0/s1. The largest absolute Gasteiger partial charge is 0.478 e. The monoisotopic (exact) mass is 566 g/mol. The van der Waals surface area contributed by atoms with E-state index in [0.29, 0.717) is 24.3 Å². The second-order valence-electron chi connectivity index (χ2n) is 8.63. The molecule has 0 unspecified atom stereocenters. The summed E-state index contributed by atoms with van der Waals surface area (Å²) in [6.07, 6.45) is 0.856. The minimum Gasteiger partial charge on any atom is -0.478 e. The number of fused-ring (bicyclic) bond motifs is 1. The van der Waals surface area contributed by atoms with Gasteiger partial charge < -0.3 is 25.6 Å². The van der Waals surface area contributed by atoms with Gasteiger partial charge in [-0.3, -0.25) is 9.20 Å². The molecule has 0 spiro atoms. The SMILES string of the molecule is CNC(=O)c1cc(NCC#Cc2nc3c(N[C@@H]4CCN(C)C[C@@H]4F)cccn3c2SC(F)(F)F)c(OC)nn1. The van der Waals surface area contributed by atoms with Crippen LogP contribution in [0.1, 0.15) is 22.6 Å². The molecule has 0 saturated carbocycles. The number of nitrogens with zero attached hydrogens (tertiary/aromatic N) is 5. The summed E-state index contributed by atoms with van der Waals surface area (Å²) < 4.78 is 61.4. The van der Waals surface area contributed by atoms with Gasteiger partial charge in [0.05, 0.1) is 25.4 Å². The number of likely N-dealkylation sites (tertiary alicyclic amines) is 1. The van der Waals surface area contributed by atoms with E-state index in [2.05, 4.69) is 43.0 Å². The lowest BCUT2D eigenvalue weighted by molar-refractivity contribution is -0.0330. The molecule has 1 aliphatic heterocycles. The fourth-order valence-electron chi connectivity index (χ4n) is 4.03. The Morgan fingerprint density at radius 2 is 2.10 bits per heavy atom. The average molecular weight is 567 g/mol. The topological polar surface area (TPSA) is 109 Å². The number of imidazole rings is 1. The Hall–Kier alpha value is -3.77. The number of pyridine rings is 1. The quantitative estimate of drug-likeness (QED) is 0.226. The maximum atomic E-state index is 14.6. The summed E-state index contributed by atoms with van der Waals surface area (Å²) in [4.78, 5) is 18.1. The molecule has 39 heavy (non-hydrogen) atoms. The predicted octanol–water partition coefficient (Wildman–Crippen LogP) is 3.02. The highest BCUT2D eigenvalue weighted by Gasteiger charge is 2.33. The third-order valence-corrected chi connectivity index (χ3v) is 6.71. The molecular formula is C24H26F4N8O2S. The first kappa shape index (κ1) is 28.2. The number of nitrogens with one attached hydrogen (secondary N) is 3. The molecule has 10 nitrogen and oxygen atoms in total. The van der Waals surface area contributed by atoms with Crippen LogP contribution in [0.3, 0.4) is 0 Å². The van der Waals surface area contributed by atoms with Crippen LogP contribution in [0.2, 0.25) is 0 Å². The number of alkyl halides is 4. The van der Waals surface area contributed by atoms with Gasteiger partial charge in [-0.15, -0.1) is 10.2 Å². The van der Waals surface area contributed by atoms with E-state index in [-0.39, 0.29) is 52.8 Å².